The van der Waals surface area contributed by atoms with Crippen molar-refractivity contribution in [1.29, 1.82) is 0 Å². The van der Waals surface area contributed by atoms with Gasteiger partial charge < -0.3 is 15.8 Å². The van der Waals surface area contributed by atoms with E-state index in [4.69, 9.17) is 10.5 Å². The fraction of sp³-hybridized carbons (Fsp3) is 0.846. The molecular weight excluding hydrogens is 232 g/mol. The fourth-order valence-electron chi connectivity index (χ4n) is 2.01. The summed E-state index contributed by atoms with van der Waals surface area (Å²) in [5, 5.41) is 2.84. The van der Waals surface area contributed by atoms with Gasteiger partial charge in [0.05, 0.1) is 0 Å². The zero-order chi connectivity index (χ0) is 13.8. The number of carbonyl (C=O) groups is 2. The third kappa shape index (κ3) is 5.04. The minimum atomic E-state index is -0.724. The minimum absolute atomic E-state index is 0.00603. The molecule has 1 rings (SSSR count). The number of carbonyl (C=O) groups excluding carboxylic acids is 2. The van der Waals surface area contributed by atoms with Crippen LogP contribution >= 0.6 is 0 Å². The molecule has 1 aliphatic heterocycles. The number of hydrogen-bond acceptors (Lipinski definition) is 4. The highest BCUT2D eigenvalue weighted by Crippen LogP contribution is 2.19. The Morgan fingerprint density at radius 3 is 2.78 bits per heavy atom. The van der Waals surface area contributed by atoms with E-state index in [0.717, 1.165) is 25.8 Å². The largest absolute Gasteiger partial charge is 0.459 e. The third-order valence-electron chi connectivity index (χ3n) is 2.90. The summed E-state index contributed by atoms with van der Waals surface area (Å²) in [6, 6.07) is -0.724. The van der Waals surface area contributed by atoms with Crippen LogP contribution in [0.15, 0.2) is 0 Å². The lowest BCUT2D eigenvalue weighted by atomic mass is 9.95. The molecule has 0 aromatic carbocycles. The summed E-state index contributed by atoms with van der Waals surface area (Å²) >= 11 is 0. The molecule has 0 bridgehead atoms. The van der Waals surface area contributed by atoms with Gasteiger partial charge in [-0.3, -0.25) is 9.59 Å². The molecule has 1 saturated heterocycles. The van der Waals surface area contributed by atoms with E-state index < -0.39 is 17.6 Å². The van der Waals surface area contributed by atoms with Crippen molar-refractivity contribution in [1.82, 2.24) is 5.32 Å². The number of nitrogens with two attached hydrogens (primary N) is 1. The van der Waals surface area contributed by atoms with Gasteiger partial charge in [0.15, 0.2) is 0 Å². The molecule has 0 radical (unpaired) electrons. The lowest BCUT2D eigenvalue weighted by Crippen LogP contribution is -2.41. The summed E-state index contributed by atoms with van der Waals surface area (Å²) < 4.78 is 5.21. The zero-order valence-electron chi connectivity index (χ0n) is 11.5. The number of hydrogen-bond donors (Lipinski definition) is 2. The Hall–Kier alpha value is -1.10. The summed E-state index contributed by atoms with van der Waals surface area (Å²) in [6.45, 7) is 6.12. The highest BCUT2D eigenvalue weighted by atomic mass is 16.6. The van der Waals surface area contributed by atoms with Gasteiger partial charge in [0, 0.05) is 12.5 Å². The molecule has 3 N–H and O–H groups in total. The Labute approximate surface area is 108 Å². The standard InChI is InChI=1S/C13H24N2O3/c1-13(2,3)18-12(17)10(14)8-9-6-4-5-7-15-11(9)16/h9-10H,4-8,14H2,1-3H3,(H,15,16). The van der Waals surface area contributed by atoms with Gasteiger partial charge in [-0.1, -0.05) is 6.42 Å². The van der Waals surface area contributed by atoms with E-state index in [1.54, 1.807) is 20.8 Å². The third-order valence-corrected chi connectivity index (χ3v) is 2.90. The fourth-order valence-corrected chi connectivity index (χ4v) is 2.01. The molecule has 0 aromatic rings. The molecule has 0 aromatic heterocycles. The Bertz CT molecular complexity index is 310. The molecule has 2 atom stereocenters. The molecule has 1 amide bonds. The predicted molar refractivity (Wildman–Crippen MR) is 68.8 cm³/mol. The summed E-state index contributed by atoms with van der Waals surface area (Å²) in [6.07, 6.45) is 3.14. The molecule has 1 aliphatic rings. The molecule has 5 nitrogen and oxygen atoms in total. The first-order valence-corrected chi connectivity index (χ1v) is 6.56. The molecule has 5 heteroatoms. The monoisotopic (exact) mass is 256 g/mol. The van der Waals surface area contributed by atoms with Crippen LogP contribution in [-0.4, -0.2) is 30.1 Å². The zero-order valence-corrected chi connectivity index (χ0v) is 11.5. The van der Waals surface area contributed by atoms with Gasteiger partial charge >= 0.3 is 5.97 Å². The number of rotatable bonds is 3. The Balaban J connectivity index is 2.49. The lowest BCUT2D eigenvalue weighted by Gasteiger charge is -2.23. The molecule has 104 valence electrons. The average molecular weight is 256 g/mol. The first-order chi connectivity index (χ1) is 8.29. The van der Waals surface area contributed by atoms with E-state index in [2.05, 4.69) is 5.32 Å². The second-order valence-electron chi connectivity index (χ2n) is 5.86. The van der Waals surface area contributed by atoms with Crippen molar-refractivity contribution in [3.63, 3.8) is 0 Å². The van der Waals surface area contributed by atoms with Crippen molar-refractivity contribution in [3.05, 3.63) is 0 Å². The Kier molecular flexibility index (Phi) is 5.14. The van der Waals surface area contributed by atoms with Crippen LogP contribution in [0.1, 0.15) is 46.5 Å². The average Bonchev–Trinajstić information content (AvgIpc) is 2.42. The maximum absolute atomic E-state index is 11.7. The number of ether oxygens (including phenoxy) is 1. The van der Waals surface area contributed by atoms with Crippen LogP contribution in [0.2, 0.25) is 0 Å². The summed E-state index contributed by atoms with van der Waals surface area (Å²) in [4.78, 5) is 23.5. The van der Waals surface area contributed by atoms with Gasteiger partial charge in [-0.2, -0.15) is 0 Å². The van der Waals surface area contributed by atoms with E-state index >= 15 is 0 Å². The molecule has 18 heavy (non-hydrogen) atoms. The van der Waals surface area contributed by atoms with Crippen LogP contribution in [0.3, 0.4) is 0 Å². The molecule has 0 aliphatic carbocycles. The maximum atomic E-state index is 11.7. The van der Waals surface area contributed by atoms with Crippen LogP contribution in [0, 0.1) is 5.92 Å². The predicted octanol–water partition coefficient (Wildman–Crippen LogP) is 0.962. The smallest absolute Gasteiger partial charge is 0.323 e. The van der Waals surface area contributed by atoms with Crippen LogP contribution in [-0.2, 0) is 14.3 Å². The summed E-state index contributed by atoms with van der Waals surface area (Å²) in [7, 11) is 0. The van der Waals surface area contributed by atoms with Crippen molar-refractivity contribution in [2.75, 3.05) is 6.54 Å². The number of esters is 1. The highest BCUT2D eigenvalue weighted by molar-refractivity contribution is 5.81. The molecule has 1 heterocycles. The van der Waals surface area contributed by atoms with E-state index in [-0.39, 0.29) is 11.8 Å². The molecule has 1 fully saturated rings. The van der Waals surface area contributed by atoms with Crippen LogP contribution in [0.25, 0.3) is 0 Å². The Morgan fingerprint density at radius 2 is 2.17 bits per heavy atom. The van der Waals surface area contributed by atoms with Gasteiger partial charge in [0.2, 0.25) is 5.91 Å². The van der Waals surface area contributed by atoms with Gasteiger partial charge in [-0.25, -0.2) is 0 Å². The van der Waals surface area contributed by atoms with Crippen molar-refractivity contribution in [3.8, 4) is 0 Å². The van der Waals surface area contributed by atoms with Crippen molar-refractivity contribution >= 4 is 11.9 Å². The highest BCUT2D eigenvalue weighted by Gasteiger charge is 2.28. The van der Waals surface area contributed by atoms with Crippen molar-refractivity contribution < 1.29 is 14.3 Å². The van der Waals surface area contributed by atoms with Crippen LogP contribution in [0.5, 0.6) is 0 Å². The van der Waals surface area contributed by atoms with E-state index in [0.29, 0.717) is 6.42 Å². The van der Waals surface area contributed by atoms with Gasteiger partial charge in [-0.15, -0.1) is 0 Å². The number of amides is 1. The summed E-state index contributed by atoms with van der Waals surface area (Å²) in [5.74, 6) is -0.596. The topological polar surface area (TPSA) is 81.4 Å². The van der Waals surface area contributed by atoms with Gasteiger partial charge in [0.1, 0.15) is 11.6 Å². The molecular formula is C13H24N2O3. The van der Waals surface area contributed by atoms with Crippen molar-refractivity contribution in [2.24, 2.45) is 11.7 Å². The van der Waals surface area contributed by atoms with Gasteiger partial charge in [0.25, 0.3) is 0 Å². The first kappa shape index (κ1) is 15.0. The summed E-state index contributed by atoms with van der Waals surface area (Å²) in [5.41, 5.74) is 5.27. The minimum Gasteiger partial charge on any atom is -0.459 e. The normalized spacial score (nSPS) is 22.9. The van der Waals surface area contributed by atoms with Crippen LogP contribution in [0.4, 0.5) is 0 Å². The van der Waals surface area contributed by atoms with E-state index in [1.807, 2.05) is 0 Å². The van der Waals surface area contributed by atoms with E-state index in [1.165, 1.54) is 0 Å². The lowest BCUT2D eigenvalue weighted by molar-refractivity contribution is -0.157. The SMILES string of the molecule is CC(C)(C)OC(=O)C(N)CC1CCCCNC1=O. The van der Waals surface area contributed by atoms with Crippen molar-refractivity contribution in [2.45, 2.75) is 58.1 Å². The number of nitrogens with one attached hydrogen (secondary N) is 1. The molecule has 2 unspecified atom stereocenters. The van der Waals surface area contributed by atoms with Gasteiger partial charge in [-0.05, 0) is 40.0 Å². The van der Waals surface area contributed by atoms with Crippen LogP contribution < -0.4 is 11.1 Å². The first-order valence-electron chi connectivity index (χ1n) is 6.56. The van der Waals surface area contributed by atoms with E-state index in [9.17, 15) is 9.59 Å². The Morgan fingerprint density at radius 1 is 1.50 bits per heavy atom. The second kappa shape index (κ2) is 6.18. The molecule has 0 saturated carbocycles. The maximum Gasteiger partial charge on any atom is 0.323 e. The second-order valence-corrected chi connectivity index (χ2v) is 5.86. The quantitative estimate of drug-likeness (QED) is 0.737. The molecule has 0 spiro atoms.